The summed E-state index contributed by atoms with van der Waals surface area (Å²) in [4.78, 5) is 3.67. The number of pyridine rings is 1. The SMILES string of the molecule is CC(C)C1CCCC(Nc2ccc(F)nc2)C1. The number of nitrogens with zero attached hydrogens (tertiary/aromatic N) is 1. The van der Waals surface area contributed by atoms with Gasteiger partial charge in [-0.3, -0.25) is 0 Å². The van der Waals surface area contributed by atoms with Crippen molar-refractivity contribution in [3.63, 3.8) is 0 Å². The monoisotopic (exact) mass is 236 g/mol. The number of halogens is 1. The van der Waals surface area contributed by atoms with Crippen LogP contribution >= 0.6 is 0 Å². The third-order valence-corrected chi connectivity index (χ3v) is 3.76. The maximum Gasteiger partial charge on any atom is 0.212 e. The van der Waals surface area contributed by atoms with Gasteiger partial charge in [0.2, 0.25) is 5.95 Å². The van der Waals surface area contributed by atoms with Gasteiger partial charge in [-0.05, 0) is 36.8 Å². The smallest absolute Gasteiger partial charge is 0.212 e. The largest absolute Gasteiger partial charge is 0.381 e. The van der Waals surface area contributed by atoms with E-state index >= 15 is 0 Å². The highest BCUT2D eigenvalue weighted by atomic mass is 19.1. The lowest BCUT2D eigenvalue weighted by atomic mass is 9.79. The molecule has 1 N–H and O–H groups in total. The lowest BCUT2D eigenvalue weighted by molar-refractivity contribution is 0.264. The second-order valence-corrected chi connectivity index (χ2v) is 5.38. The van der Waals surface area contributed by atoms with Crippen molar-refractivity contribution in [2.24, 2.45) is 11.8 Å². The molecule has 1 aromatic heterocycles. The third-order valence-electron chi connectivity index (χ3n) is 3.76. The maximum atomic E-state index is 12.7. The van der Waals surface area contributed by atoms with Gasteiger partial charge in [-0.1, -0.05) is 26.7 Å². The van der Waals surface area contributed by atoms with Crippen LogP contribution in [0.15, 0.2) is 18.3 Å². The first-order valence-corrected chi connectivity index (χ1v) is 6.53. The molecule has 1 saturated carbocycles. The number of rotatable bonds is 3. The van der Waals surface area contributed by atoms with Gasteiger partial charge in [0, 0.05) is 6.04 Å². The Kier molecular flexibility index (Phi) is 3.97. The number of hydrogen-bond donors (Lipinski definition) is 1. The number of aromatic nitrogens is 1. The van der Waals surface area contributed by atoms with E-state index in [-0.39, 0.29) is 0 Å². The predicted molar refractivity (Wildman–Crippen MR) is 68.4 cm³/mol. The maximum absolute atomic E-state index is 12.7. The van der Waals surface area contributed by atoms with Crippen LogP contribution in [0.25, 0.3) is 0 Å². The molecule has 0 aromatic carbocycles. The Balaban J connectivity index is 1.92. The Morgan fingerprint density at radius 3 is 2.82 bits per heavy atom. The summed E-state index contributed by atoms with van der Waals surface area (Å²) >= 11 is 0. The lowest BCUT2D eigenvalue weighted by Crippen LogP contribution is -2.29. The normalized spacial score (nSPS) is 24.9. The van der Waals surface area contributed by atoms with Gasteiger partial charge in [0.1, 0.15) is 0 Å². The Labute approximate surface area is 103 Å². The number of nitrogens with one attached hydrogen (secondary N) is 1. The van der Waals surface area contributed by atoms with Crippen LogP contribution in [0.2, 0.25) is 0 Å². The van der Waals surface area contributed by atoms with Crippen molar-refractivity contribution < 1.29 is 4.39 Å². The van der Waals surface area contributed by atoms with Gasteiger partial charge < -0.3 is 5.32 Å². The minimum absolute atomic E-state index is 0.417. The molecule has 3 heteroatoms. The molecule has 2 unspecified atom stereocenters. The van der Waals surface area contributed by atoms with E-state index in [4.69, 9.17) is 0 Å². The zero-order chi connectivity index (χ0) is 12.3. The molecule has 0 bridgehead atoms. The molecule has 0 aliphatic heterocycles. The quantitative estimate of drug-likeness (QED) is 0.806. The van der Waals surface area contributed by atoms with Crippen LogP contribution in [0.3, 0.4) is 0 Å². The Morgan fingerprint density at radius 2 is 2.18 bits per heavy atom. The molecule has 17 heavy (non-hydrogen) atoms. The average Bonchev–Trinajstić information content (AvgIpc) is 2.32. The molecule has 1 heterocycles. The van der Waals surface area contributed by atoms with Gasteiger partial charge >= 0.3 is 0 Å². The van der Waals surface area contributed by atoms with Gasteiger partial charge in [0.25, 0.3) is 0 Å². The first-order valence-electron chi connectivity index (χ1n) is 6.53. The van der Waals surface area contributed by atoms with Crippen molar-refractivity contribution in [1.82, 2.24) is 4.98 Å². The molecule has 2 atom stereocenters. The van der Waals surface area contributed by atoms with Gasteiger partial charge in [-0.15, -0.1) is 0 Å². The minimum Gasteiger partial charge on any atom is -0.381 e. The van der Waals surface area contributed by atoms with Gasteiger partial charge in [0.05, 0.1) is 11.9 Å². The van der Waals surface area contributed by atoms with E-state index in [0.29, 0.717) is 6.04 Å². The average molecular weight is 236 g/mol. The van der Waals surface area contributed by atoms with E-state index in [0.717, 1.165) is 17.5 Å². The first kappa shape index (κ1) is 12.3. The van der Waals surface area contributed by atoms with E-state index < -0.39 is 5.95 Å². The van der Waals surface area contributed by atoms with E-state index in [2.05, 4.69) is 24.1 Å². The summed E-state index contributed by atoms with van der Waals surface area (Å²) in [6.45, 7) is 4.60. The fourth-order valence-corrected chi connectivity index (χ4v) is 2.66. The topological polar surface area (TPSA) is 24.9 Å². The highest BCUT2D eigenvalue weighted by molar-refractivity contribution is 5.41. The van der Waals surface area contributed by atoms with Crippen molar-refractivity contribution in [3.05, 3.63) is 24.3 Å². The summed E-state index contributed by atoms with van der Waals surface area (Å²) in [5, 5.41) is 3.46. The Morgan fingerprint density at radius 1 is 1.35 bits per heavy atom. The van der Waals surface area contributed by atoms with Crippen molar-refractivity contribution >= 4 is 5.69 Å². The Bertz CT molecular complexity index is 348. The minimum atomic E-state index is -0.417. The molecule has 0 saturated heterocycles. The molecule has 1 aliphatic carbocycles. The number of anilines is 1. The molecule has 94 valence electrons. The van der Waals surface area contributed by atoms with E-state index in [1.165, 1.54) is 31.7 Å². The van der Waals surface area contributed by atoms with Crippen molar-refractivity contribution in [2.45, 2.75) is 45.6 Å². The molecular weight excluding hydrogens is 215 g/mol. The fraction of sp³-hybridized carbons (Fsp3) is 0.643. The van der Waals surface area contributed by atoms with Crippen LogP contribution in [-0.4, -0.2) is 11.0 Å². The van der Waals surface area contributed by atoms with Gasteiger partial charge in [-0.2, -0.15) is 4.39 Å². The zero-order valence-electron chi connectivity index (χ0n) is 10.6. The van der Waals surface area contributed by atoms with Crippen molar-refractivity contribution in [1.29, 1.82) is 0 Å². The van der Waals surface area contributed by atoms with Crippen LogP contribution in [-0.2, 0) is 0 Å². The predicted octanol–water partition coefficient (Wildman–Crippen LogP) is 3.85. The summed E-state index contributed by atoms with van der Waals surface area (Å²) in [5.74, 6) is 1.15. The first-order chi connectivity index (χ1) is 8.15. The van der Waals surface area contributed by atoms with Gasteiger partial charge in [-0.25, -0.2) is 4.98 Å². The molecular formula is C14H21FN2. The lowest BCUT2D eigenvalue weighted by Gasteiger charge is -2.32. The van der Waals surface area contributed by atoms with Crippen LogP contribution in [0.4, 0.5) is 10.1 Å². The second kappa shape index (κ2) is 5.48. The van der Waals surface area contributed by atoms with Crippen LogP contribution in [0, 0.1) is 17.8 Å². The van der Waals surface area contributed by atoms with E-state index in [1.807, 2.05) is 0 Å². The highest BCUT2D eigenvalue weighted by Crippen LogP contribution is 2.31. The molecule has 2 nitrogen and oxygen atoms in total. The summed E-state index contributed by atoms with van der Waals surface area (Å²) in [6.07, 6.45) is 6.64. The summed E-state index contributed by atoms with van der Waals surface area (Å²) in [6, 6.07) is 3.69. The van der Waals surface area contributed by atoms with E-state index in [9.17, 15) is 4.39 Å². The number of hydrogen-bond acceptors (Lipinski definition) is 2. The van der Waals surface area contributed by atoms with Crippen LogP contribution in [0.1, 0.15) is 39.5 Å². The molecule has 0 amide bonds. The molecule has 0 spiro atoms. The van der Waals surface area contributed by atoms with E-state index in [1.54, 1.807) is 12.3 Å². The van der Waals surface area contributed by atoms with Crippen molar-refractivity contribution in [3.8, 4) is 0 Å². The summed E-state index contributed by atoms with van der Waals surface area (Å²) < 4.78 is 12.7. The summed E-state index contributed by atoms with van der Waals surface area (Å²) in [5.41, 5.74) is 0.931. The molecule has 0 radical (unpaired) electrons. The zero-order valence-corrected chi connectivity index (χ0v) is 10.6. The Hall–Kier alpha value is -1.12. The highest BCUT2D eigenvalue weighted by Gasteiger charge is 2.23. The standard InChI is InChI=1S/C14H21FN2/c1-10(2)11-4-3-5-12(8-11)17-13-6-7-14(15)16-9-13/h6-7,9-12,17H,3-5,8H2,1-2H3. The van der Waals surface area contributed by atoms with Gasteiger partial charge in [0.15, 0.2) is 0 Å². The van der Waals surface area contributed by atoms with Crippen LogP contribution in [0.5, 0.6) is 0 Å². The molecule has 1 aromatic rings. The third kappa shape index (κ3) is 3.42. The summed E-state index contributed by atoms with van der Waals surface area (Å²) in [7, 11) is 0. The second-order valence-electron chi connectivity index (χ2n) is 5.38. The van der Waals surface area contributed by atoms with Crippen LogP contribution < -0.4 is 5.32 Å². The fourth-order valence-electron chi connectivity index (χ4n) is 2.66. The van der Waals surface area contributed by atoms with Crippen molar-refractivity contribution in [2.75, 3.05) is 5.32 Å². The molecule has 1 aliphatic rings. The molecule has 2 rings (SSSR count). The molecule has 1 fully saturated rings.